The Bertz CT molecular complexity index is 303. The van der Waals surface area contributed by atoms with Crippen LogP contribution >= 0.6 is 0 Å². The van der Waals surface area contributed by atoms with Crippen molar-refractivity contribution in [3.8, 4) is 0 Å². The van der Waals surface area contributed by atoms with Crippen molar-refractivity contribution in [2.75, 3.05) is 20.3 Å². The first kappa shape index (κ1) is 15.8. The van der Waals surface area contributed by atoms with Crippen LogP contribution in [0.1, 0.15) is 13.8 Å². The van der Waals surface area contributed by atoms with E-state index < -0.39 is 20.7 Å². The van der Waals surface area contributed by atoms with Gasteiger partial charge in [0.15, 0.2) is 0 Å². The molecule has 0 radical (unpaired) electrons. The summed E-state index contributed by atoms with van der Waals surface area (Å²) in [6.07, 6.45) is 0. The highest BCUT2D eigenvalue weighted by Crippen LogP contribution is 2.11. The van der Waals surface area contributed by atoms with Gasteiger partial charge in [-0.05, 0) is 13.8 Å². The van der Waals surface area contributed by atoms with Gasteiger partial charge in [0.1, 0.15) is 6.61 Å². The molecule has 0 aromatic rings. The van der Waals surface area contributed by atoms with Gasteiger partial charge in [0, 0.05) is 25.8 Å². The zero-order valence-electron chi connectivity index (χ0n) is 10.6. The predicted octanol–water partition coefficient (Wildman–Crippen LogP) is 0.900. The first-order valence-electron chi connectivity index (χ1n) is 5.08. The van der Waals surface area contributed by atoms with Gasteiger partial charge in [0.2, 0.25) is 0 Å². The Hall–Kier alpha value is -1.18. The molecule has 0 spiro atoms. The van der Waals surface area contributed by atoms with Crippen molar-refractivity contribution in [3.63, 3.8) is 0 Å². The first-order chi connectivity index (χ1) is 7.84. The highest BCUT2D eigenvalue weighted by Gasteiger charge is 2.42. The van der Waals surface area contributed by atoms with Crippen LogP contribution in [0.3, 0.4) is 0 Å². The number of carbonyl (C=O) groups is 2. The van der Waals surface area contributed by atoms with Gasteiger partial charge in [0.25, 0.3) is 0 Å². The van der Waals surface area contributed by atoms with Crippen molar-refractivity contribution in [2.24, 2.45) is 0 Å². The molecular formula is C10H18O6Si. The van der Waals surface area contributed by atoms with Crippen LogP contribution in [-0.2, 0) is 27.6 Å². The summed E-state index contributed by atoms with van der Waals surface area (Å²) in [5.41, 5.74) is 0.210. The van der Waals surface area contributed by atoms with Crippen molar-refractivity contribution in [3.05, 3.63) is 12.2 Å². The summed E-state index contributed by atoms with van der Waals surface area (Å²) >= 11 is 0. The van der Waals surface area contributed by atoms with Crippen molar-refractivity contribution < 1.29 is 27.6 Å². The highest BCUT2D eigenvalue weighted by atomic mass is 28.4. The van der Waals surface area contributed by atoms with E-state index in [0.29, 0.717) is 6.61 Å². The van der Waals surface area contributed by atoms with Crippen LogP contribution in [0.15, 0.2) is 12.2 Å². The van der Waals surface area contributed by atoms with Crippen LogP contribution in [0.25, 0.3) is 0 Å². The normalized spacial score (nSPS) is 13.6. The van der Waals surface area contributed by atoms with Gasteiger partial charge < -0.3 is 18.0 Å². The van der Waals surface area contributed by atoms with Crippen LogP contribution in [0.2, 0.25) is 6.55 Å². The molecule has 0 aromatic heterocycles. The second-order valence-electron chi connectivity index (χ2n) is 3.35. The SMILES string of the molecule is C=C(C)C(=O)O[Si](C)(OC)OC(=O)COCC. The lowest BCUT2D eigenvalue weighted by Gasteiger charge is -2.23. The van der Waals surface area contributed by atoms with E-state index in [1.54, 1.807) is 6.92 Å². The third-order valence-electron chi connectivity index (χ3n) is 1.72. The lowest BCUT2D eigenvalue weighted by Crippen LogP contribution is -2.46. The molecule has 0 aliphatic heterocycles. The van der Waals surface area contributed by atoms with E-state index in [2.05, 4.69) is 6.58 Å². The molecule has 0 bridgehead atoms. The summed E-state index contributed by atoms with van der Waals surface area (Å²) in [4.78, 5) is 22.6. The van der Waals surface area contributed by atoms with Gasteiger partial charge in [-0.1, -0.05) is 6.58 Å². The van der Waals surface area contributed by atoms with Crippen LogP contribution in [0, 0.1) is 0 Å². The number of hydrogen-bond acceptors (Lipinski definition) is 6. The molecule has 17 heavy (non-hydrogen) atoms. The third-order valence-corrected chi connectivity index (χ3v) is 3.62. The number of hydrogen-bond donors (Lipinski definition) is 0. The zero-order chi connectivity index (χ0) is 13.5. The smallest absolute Gasteiger partial charge is 0.463 e. The van der Waals surface area contributed by atoms with Crippen molar-refractivity contribution in [1.29, 1.82) is 0 Å². The monoisotopic (exact) mass is 262 g/mol. The Labute approximate surface area is 102 Å². The minimum Gasteiger partial charge on any atom is -0.463 e. The van der Waals surface area contributed by atoms with Gasteiger partial charge in [-0.3, -0.25) is 4.79 Å². The quantitative estimate of drug-likeness (QED) is 0.501. The van der Waals surface area contributed by atoms with E-state index in [0.717, 1.165) is 0 Å². The summed E-state index contributed by atoms with van der Waals surface area (Å²) in [7, 11) is -1.99. The molecule has 0 heterocycles. The number of rotatable bonds is 7. The van der Waals surface area contributed by atoms with Gasteiger partial charge in [-0.2, -0.15) is 0 Å². The summed E-state index contributed by atoms with van der Waals surface area (Å²) in [6.45, 7) is 8.31. The third kappa shape index (κ3) is 6.20. The lowest BCUT2D eigenvalue weighted by molar-refractivity contribution is -0.146. The van der Waals surface area contributed by atoms with Gasteiger partial charge >= 0.3 is 20.7 Å². The molecule has 7 heteroatoms. The van der Waals surface area contributed by atoms with E-state index in [1.165, 1.54) is 20.6 Å². The van der Waals surface area contributed by atoms with E-state index in [9.17, 15) is 9.59 Å². The van der Waals surface area contributed by atoms with Crippen molar-refractivity contribution in [1.82, 2.24) is 0 Å². The Morgan fingerprint density at radius 3 is 2.29 bits per heavy atom. The number of carbonyl (C=O) groups excluding carboxylic acids is 2. The lowest BCUT2D eigenvalue weighted by atomic mass is 10.4. The minimum absolute atomic E-state index is 0.201. The van der Waals surface area contributed by atoms with Crippen LogP contribution < -0.4 is 0 Å². The fourth-order valence-corrected chi connectivity index (χ4v) is 1.97. The molecule has 0 aliphatic carbocycles. The van der Waals surface area contributed by atoms with E-state index in [1.807, 2.05) is 0 Å². The maximum Gasteiger partial charge on any atom is 0.632 e. The fraction of sp³-hybridized carbons (Fsp3) is 0.600. The molecule has 0 N–H and O–H groups in total. The second-order valence-corrected chi connectivity index (χ2v) is 5.89. The molecule has 6 nitrogen and oxygen atoms in total. The van der Waals surface area contributed by atoms with E-state index in [4.69, 9.17) is 18.0 Å². The van der Waals surface area contributed by atoms with Crippen molar-refractivity contribution >= 4 is 20.7 Å². The Morgan fingerprint density at radius 2 is 1.88 bits per heavy atom. The average Bonchev–Trinajstić information content (AvgIpc) is 2.25. The Balaban J connectivity index is 4.41. The van der Waals surface area contributed by atoms with Crippen molar-refractivity contribution in [2.45, 2.75) is 20.4 Å². The predicted molar refractivity (Wildman–Crippen MR) is 62.1 cm³/mol. The van der Waals surface area contributed by atoms with Crippen LogP contribution in [-0.4, -0.2) is 41.1 Å². The maximum atomic E-state index is 11.3. The zero-order valence-corrected chi connectivity index (χ0v) is 11.6. The largest absolute Gasteiger partial charge is 0.632 e. The Kier molecular flexibility index (Phi) is 6.70. The summed E-state index contributed by atoms with van der Waals surface area (Å²) in [5.74, 6) is -1.28. The second kappa shape index (κ2) is 7.20. The summed E-state index contributed by atoms with van der Waals surface area (Å²) < 4.78 is 19.8. The van der Waals surface area contributed by atoms with Gasteiger partial charge in [-0.15, -0.1) is 0 Å². The number of ether oxygens (including phenoxy) is 1. The van der Waals surface area contributed by atoms with Crippen LogP contribution in [0.4, 0.5) is 0 Å². The Morgan fingerprint density at radius 1 is 1.29 bits per heavy atom. The topological polar surface area (TPSA) is 71.1 Å². The maximum absolute atomic E-state index is 11.3. The minimum atomic E-state index is -3.30. The molecule has 0 aromatic carbocycles. The van der Waals surface area contributed by atoms with E-state index >= 15 is 0 Å². The molecule has 0 aliphatic rings. The molecule has 0 saturated carbocycles. The van der Waals surface area contributed by atoms with Gasteiger partial charge in [0.05, 0.1) is 0 Å². The molecule has 1 atom stereocenters. The van der Waals surface area contributed by atoms with E-state index in [-0.39, 0.29) is 12.2 Å². The molecule has 98 valence electrons. The molecular weight excluding hydrogens is 244 g/mol. The standard InChI is InChI=1S/C10H18O6Si/c1-6-14-7-9(11)15-17(5,13-4)16-10(12)8(2)3/h2,6-7H2,1,3-5H3. The molecule has 0 saturated heterocycles. The molecule has 0 fully saturated rings. The first-order valence-corrected chi connectivity index (χ1v) is 7.30. The summed E-state index contributed by atoms with van der Waals surface area (Å²) in [5, 5.41) is 0. The fourth-order valence-electron chi connectivity index (χ4n) is 0.781. The average molecular weight is 262 g/mol. The molecule has 0 rings (SSSR count). The van der Waals surface area contributed by atoms with Crippen LogP contribution in [0.5, 0.6) is 0 Å². The van der Waals surface area contributed by atoms with Gasteiger partial charge in [-0.25, -0.2) is 4.79 Å². The molecule has 0 amide bonds. The summed E-state index contributed by atoms with van der Waals surface area (Å²) in [6, 6.07) is 0. The molecule has 1 unspecified atom stereocenters. The highest BCUT2D eigenvalue weighted by molar-refractivity contribution is 6.62.